The van der Waals surface area contributed by atoms with Crippen LogP contribution in [0.5, 0.6) is 5.75 Å². The number of benzene rings is 1. The largest absolute Gasteiger partial charge is 0.496 e. The van der Waals surface area contributed by atoms with Crippen LogP contribution in [0.1, 0.15) is 24.2 Å². The maximum Gasteiger partial charge on any atom is 0.259 e. The summed E-state index contributed by atoms with van der Waals surface area (Å²) >= 11 is 1.89. The van der Waals surface area contributed by atoms with Gasteiger partial charge in [-0.05, 0) is 26.0 Å². The number of nitrogens with two attached hydrogens (primary N) is 1. The van der Waals surface area contributed by atoms with Gasteiger partial charge in [-0.25, -0.2) is 0 Å². The van der Waals surface area contributed by atoms with Crippen LogP contribution in [0.3, 0.4) is 0 Å². The van der Waals surface area contributed by atoms with Gasteiger partial charge in [0, 0.05) is 29.3 Å². The normalized spacial score (nSPS) is 18.2. The van der Waals surface area contributed by atoms with Crippen LogP contribution >= 0.6 is 11.8 Å². The van der Waals surface area contributed by atoms with Gasteiger partial charge in [-0.2, -0.15) is 11.8 Å². The fraction of sp³-hybridized carbons (Fsp3) is 0.500. The van der Waals surface area contributed by atoms with Gasteiger partial charge in [0.2, 0.25) is 0 Å². The van der Waals surface area contributed by atoms with E-state index in [1.54, 1.807) is 25.3 Å². The molecule has 0 aromatic heterocycles. The molecule has 1 aliphatic rings. The van der Waals surface area contributed by atoms with Crippen molar-refractivity contribution in [1.29, 1.82) is 0 Å². The number of hydrogen-bond acceptors (Lipinski definition) is 4. The third-order valence-corrected chi connectivity index (χ3v) is 4.50. The Morgan fingerprint density at radius 1 is 1.47 bits per heavy atom. The molecule has 19 heavy (non-hydrogen) atoms. The Kier molecular flexibility index (Phi) is 3.94. The molecule has 0 bridgehead atoms. The molecule has 2 N–H and O–H groups in total. The van der Waals surface area contributed by atoms with Crippen molar-refractivity contribution in [3.05, 3.63) is 23.8 Å². The van der Waals surface area contributed by atoms with Gasteiger partial charge in [0.1, 0.15) is 11.3 Å². The molecule has 0 unspecified atom stereocenters. The summed E-state index contributed by atoms with van der Waals surface area (Å²) in [6.07, 6.45) is 0. The summed E-state index contributed by atoms with van der Waals surface area (Å²) in [6.45, 7) is 5.80. The summed E-state index contributed by atoms with van der Waals surface area (Å²) in [5.41, 5.74) is 6.89. The van der Waals surface area contributed by atoms with Crippen molar-refractivity contribution in [2.24, 2.45) is 0 Å². The summed E-state index contributed by atoms with van der Waals surface area (Å²) in [5, 5.41) is 0. The summed E-state index contributed by atoms with van der Waals surface area (Å²) in [4.78, 5) is 14.5. The summed E-state index contributed by atoms with van der Waals surface area (Å²) < 4.78 is 5.35. The van der Waals surface area contributed by atoms with Gasteiger partial charge in [-0.15, -0.1) is 0 Å². The van der Waals surface area contributed by atoms with Crippen LogP contribution < -0.4 is 10.5 Å². The quantitative estimate of drug-likeness (QED) is 0.844. The lowest BCUT2D eigenvalue weighted by Gasteiger charge is -2.37. The monoisotopic (exact) mass is 280 g/mol. The first-order valence-corrected chi connectivity index (χ1v) is 7.29. The molecule has 0 radical (unpaired) electrons. The van der Waals surface area contributed by atoms with Crippen LogP contribution in [-0.2, 0) is 0 Å². The number of ether oxygens (including phenoxy) is 1. The average molecular weight is 280 g/mol. The highest BCUT2D eigenvalue weighted by atomic mass is 32.2. The first kappa shape index (κ1) is 14.1. The number of amides is 1. The lowest BCUT2D eigenvalue weighted by atomic mass is 10.1. The van der Waals surface area contributed by atoms with Gasteiger partial charge in [-0.1, -0.05) is 6.07 Å². The van der Waals surface area contributed by atoms with E-state index in [1.165, 1.54) is 0 Å². The van der Waals surface area contributed by atoms with Crippen LogP contribution in [0.25, 0.3) is 0 Å². The summed E-state index contributed by atoms with van der Waals surface area (Å²) in [6, 6.07) is 5.30. The van der Waals surface area contributed by atoms with E-state index in [4.69, 9.17) is 10.5 Å². The standard InChI is InChI=1S/C14H20N2O2S/c1-14(2)9-16(7-8-19-14)13(17)12-10(15)5-4-6-11(12)18-3/h4-6H,7-9,15H2,1-3H3. The van der Waals surface area contributed by atoms with E-state index in [9.17, 15) is 4.79 Å². The van der Waals surface area contributed by atoms with Crippen molar-refractivity contribution in [3.8, 4) is 5.75 Å². The second-order valence-electron chi connectivity index (χ2n) is 5.26. The molecule has 1 heterocycles. The second kappa shape index (κ2) is 5.33. The zero-order chi connectivity index (χ0) is 14.0. The molecule has 104 valence electrons. The number of methoxy groups -OCH3 is 1. The van der Waals surface area contributed by atoms with Gasteiger partial charge in [0.25, 0.3) is 5.91 Å². The molecular formula is C14H20N2O2S. The van der Waals surface area contributed by atoms with Crippen LogP contribution in [0.15, 0.2) is 18.2 Å². The van der Waals surface area contributed by atoms with E-state index in [1.807, 2.05) is 16.7 Å². The van der Waals surface area contributed by atoms with Crippen LogP contribution in [0.2, 0.25) is 0 Å². The lowest BCUT2D eigenvalue weighted by Crippen LogP contribution is -2.46. The minimum atomic E-state index is -0.0386. The molecule has 4 nitrogen and oxygen atoms in total. The topological polar surface area (TPSA) is 55.6 Å². The highest BCUT2D eigenvalue weighted by Crippen LogP contribution is 2.32. The Labute approximate surface area is 118 Å². The minimum Gasteiger partial charge on any atom is -0.496 e. The number of thioether (sulfide) groups is 1. The Morgan fingerprint density at radius 3 is 2.84 bits per heavy atom. The van der Waals surface area contributed by atoms with Crippen molar-refractivity contribution < 1.29 is 9.53 Å². The lowest BCUT2D eigenvalue weighted by molar-refractivity contribution is 0.0746. The Bertz CT molecular complexity index is 488. The molecule has 0 aliphatic carbocycles. The first-order chi connectivity index (χ1) is 8.94. The van der Waals surface area contributed by atoms with Crippen LogP contribution in [0, 0.1) is 0 Å². The van der Waals surface area contributed by atoms with Crippen molar-refractivity contribution in [1.82, 2.24) is 4.90 Å². The third-order valence-electron chi connectivity index (χ3n) is 3.21. The van der Waals surface area contributed by atoms with Crippen molar-refractivity contribution in [2.75, 3.05) is 31.7 Å². The van der Waals surface area contributed by atoms with E-state index in [0.717, 1.165) is 18.8 Å². The smallest absolute Gasteiger partial charge is 0.259 e. The van der Waals surface area contributed by atoms with Gasteiger partial charge < -0.3 is 15.4 Å². The number of anilines is 1. The highest BCUT2D eigenvalue weighted by molar-refractivity contribution is 8.00. The number of nitrogens with zero attached hydrogens (tertiary/aromatic N) is 1. The van der Waals surface area contributed by atoms with E-state index < -0.39 is 0 Å². The average Bonchev–Trinajstić information content (AvgIpc) is 2.36. The number of carbonyl (C=O) groups excluding carboxylic acids is 1. The summed E-state index contributed by atoms with van der Waals surface area (Å²) in [5.74, 6) is 1.46. The van der Waals surface area contributed by atoms with Crippen molar-refractivity contribution >= 4 is 23.4 Å². The molecule has 1 aromatic carbocycles. The SMILES string of the molecule is COc1cccc(N)c1C(=O)N1CCSC(C)(C)C1. The predicted octanol–water partition coefficient (Wildman–Crippen LogP) is 2.25. The van der Waals surface area contributed by atoms with Gasteiger partial charge >= 0.3 is 0 Å². The number of rotatable bonds is 2. The molecular weight excluding hydrogens is 260 g/mol. The molecule has 5 heteroatoms. The fourth-order valence-electron chi connectivity index (χ4n) is 2.30. The molecule has 0 atom stereocenters. The molecule has 0 saturated carbocycles. The van der Waals surface area contributed by atoms with Crippen molar-refractivity contribution in [2.45, 2.75) is 18.6 Å². The molecule has 1 amide bonds. The van der Waals surface area contributed by atoms with Crippen LogP contribution in [-0.4, -0.2) is 41.5 Å². The molecule has 2 rings (SSSR count). The van der Waals surface area contributed by atoms with E-state index >= 15 is 0 Å². The zero-order valence-corrected chi connectivity index (χ0v) is 12.4. The Morgan fingerprint density at radius 2 is 2.21 bits per heavy atom. The van der Waals surface area contributed by atoms with Gasteiger partial charge in [0.05, 0.1) is 7.11 Å². The van der Waals surface area contributed by atoms with E-state index in [0.29, 0.717) is 17.0 Å². The summed E-state index contributed by atoms with van der Waals surface area (Å²) in [7, 11) is 1.56. The van der Waals surface area contributed by atoms with Crippen LogP contribution in [0.4, 0.5) is 5.69 Å². The zero-order valence-electron chi connectivity index (χ0n) is 11.6. The molecule has 0 spiro atoms. The third kappa shape index (κ3) is 2.97. The molecule has 1 aliphatic heterocycles. The Balaban J connectivity index is 2.29. The van der Waals surface area contributed by atoms with Gasteiger partial charge in [0.15, 0.2) is 0 Å². The van der Waals surface area contributed by atoms with E-state index in [-0.39, 0.29) is 10.7 Å². The van der Waals surface area contributed by atoms with Crippen molar-refractivity contribution in [3.63, 3.8) is 0 Å². The predicted molar refractivity (Wildman–Crippen MR) is 79.8 cm³/mol. The first-order valence-electron chi connectivity index (χ1n) is 6.30. The molecule has 1 saturated heterocycles. The number of hydrogen-bond donors (Lipinski definition) is 1. The second-order valence-corrected chi connectivity index (χ2v) is 7.06. The molecule has 1 aromatic rings. The van der Waals surface area contributed by atoms with Gasteiger partial charge in [-0.3, -0.25) is 4.79 Å². The minimum absolute atomic E-state index is 0.0386. The fourth-order valence-corrected chi connectivity index (χ4v) is 3.41. The maximum atomic E-state index is 12.6. The molecule has 1 fully saturated rings. The van der Waals surface area contributed by atoms with E-state index in [2.05, 4.69) is 13.8 Å². The Hall–Kier alpha value is -1.36. The number of carbonyl (C=O) groups is 1. The highest BCUT2D eigenvalue weighted by Gasteiger charge is 2.31. The number of nitrogen functional groups attached to an aromatic ring is 1. The maximum absolute atomic E-state index is 12.6.